The molecule has 2 aromatic heterocycles. The predicted molar refractivity (Wildman–Crippen MR) is 113 cm³/mol. The van der Waals surface area contributed by atoms with Gasteiger partial charge in [0.1, 0.15) is 9.71 Å². The maximum atomic E-state index is 12.5. The molecule has 0 radical (unpaired) electrons. The van der Waals surface area contributed by atoms with Gasteiger partial charge in [0.2, 0.25) is 0 Å². The number of rotatable bonds is 4. The van der Waals surface area contributed by atoms with Crippen molar-refractivity contribution in [2.45, 2.75) is 12.6 Å². The maximum Gasteiger partial charge on any atom is 0.261 e. The molecule has 1 saturated heterocycles. The van der Waals surface area contributed by atoms with Gasteiger partial charge >= 0.3 is 0 Å². The van der Waals surface area contributed by atoms with E-state index in [1.165, 1.54) is 11.3 Å². The SMILES string of the molecule is CNC(=O)c1sc2ncccc2c1C1CN(Cc2cccc(Cl)c2Cl)CCO1. The maximum absolute atomic E-state index is 12.5. The van der Waals surface area contributed by atoms with Crippen LogP contribution in [0.2, 0.25) is 10.0 Å². The van der Waals surface area contributed by atoms with E-state index in [2.05, 4.69) is 15.2 Å². The van der Waals surface area contributed by atoms with Gasteiger partial charge in [0.15, 0.2) is 0 Å². The number of morpholine rings is 1. The summed E-state index contributed by atoms with van der Waals surface area (Å²) in [6.07, 6.45) is 1.53. The minimum atomic E-state index is -0.211. The Morgan fingerprint density at radius 2 is 2.21 bits per heavy atom. The fraction of sp³-hybridized carbons (Fsp3) is 0.300. The number of halogens is 2. The Hall–Kier alpha value is -1.70. The van der Waals surface area contributed by atoms with E-state index in [0.29, 0.717) is 34.6 Å². The number of nitrogens with one attached hydrogen (secondary N) is 1. The molecular formula is C20H19Cl2N3O2S. The summed E-state index contributed by atoms with van der Waals surface area (Å²) in [6.45, 7) is 2.70. The molecule has 1 atom stereocenters. The zero-order valence-corrected chi connectivity index (χ0v) is 17.6. The number of benzene rings is 1. The molecule has 1 aliphatic rings. The molecule has 1 fully saturated rings. The van der Waals surface area contributed by atoms with Crippen LogP contribution in [-0.2, 0) is 11.3 Å². The number of pyridine rings is 1. The van der Waals surface area contributed by atoms with Crippen molar-refractivity contribution in [1.82, 2.24) is 15.2 Å². The van der Waals surface area contributed by atoms with E-state index in [1.54, 1.807) is 19.3 Å². The average molecular weight is 436 g/mol. The Morgan fingerprint density at radius 3 is 3.04 bits per heavy atom. The molecule has 3 heterocycles. The second kappa shape index (κ2) is 8.35. The molecule has 1 N–H and O–H groups in total. The first-order valence-electron chi connectivity index (χ1n) is 8.95. The molecule has 1 amide bonds. The van der Waals surface area contributed by atoms with Crippen molar-refractivity contribution in [1.29, 1.82) is 0 Å². The van der Waals surface area contributed by atoms with Gasteiger partial charge in [0, 0.05) is 43.8 Å². The summed E-state index contributed by atoms with van der Waals surface area (Å²) in [4.78, 5) is 20.7. The standard InChI is InChI=1S/C20H19Cl2N3O2S/c1-23-19(26)18-16(13-5-3-7-24-20(13)28-18)15-11-25(8-9-27-15)10-12-4-2-6-14(21)17(12)22/h2-7,15H,8-11H2,1H3,(H,23,26). The van der Waals surface area contributed by atoms with Crippen LogP contribution in [0.3, 0.4) is 0 Å². The van der Waals surface area contributed by atoms with Crippen LogP contribution in [0.15, 0.2) is 36.5 Å². The summed E-state index contributed by atoms with van der Waals surface area (Å²) >= 11 is 13.9. The van der Waals surface area contributed by atoms with Crippen LogP contribution in [0.5, 0.6) is 0 Å². The molecule has 1 aliphatic heterocycles. The highest BCUT2D eigenvalue weighted by molar-refractivity contribution is 7.20. The van der Waals surface area contributed by atoms with E-state index >= 15 is 0 Å². The van der Waals surface area contributed by atoms with Crippen LogP contribution >= 0.6 is 34.5 Å². The van der Waals surface area contributed by atoms with Crippen LogP contribution in [0.4, 0.5) is 0 Å². The molecule has 1 aromatic carbocycles. The fourth-order valence-corrected chi connectivity index (χ4v) is 5.01. The summed E-state index contributed by atoms with van der Waals surface area (Å²) in [5.74, 6) is -0.114. The summed E-state index contributed by atoms with van der Waals surface area (Å²) < 4.78 is 6.09. The Bertz CT molecular complexity index is 1020. The second-order valence-corrected chi connectivity index (χ2v) is 8.37. The van der Waals surface area contributed by atoms with Crippen LogP contribution in [0.1, 0.15) is 26.9 Å². The van der Waals surface area contributed by atoms with Crippen molar-refractivity contribution in [2.75, 3.05) is 26.7 Å². The number of ether oxygens (including phenoxy) is 1. The molecule has 146 valence electrons. The first-order chi connectivity index (χ1) is 13.6. The lowest BCUT2D eigenvalue weighted by atomic mass is 10.0. The monoisotopic (exact) mass is 435 g/mol. The molecule has 4 rings (SSSR count). The summed E-state index contributed by atoms with van der Waals surface area (Å²) in [5.41, 5.74) is 1.90. The number of thiophene rings is 1. The lowest BCUT2D eigenvalue weighted by molar-refractivity contribution is -0.0323. The Labute approximate surface area is 177 Å². The molecule has 3 aromatic rings. The van der Waals surface area contributed by atoms with E-state index < -0.39 is 0 Å². The first kappa shape index (κ1) is 19.6. The average Bonchev–Trinajstić information content (AvgIpc) is 3.11. The molecule has 28 heavy (non-hydrogen) atoms. The number of amides is 1. The van der Waals surface area contributed by atoms with Crippen LogP contribution in [-0.4, -0.2) is 42.5 Å². The third-order valence-corrected chi connectivity index (χ3v) is 6.82. The van der Waals surface area contributed by atoms with Gasteiger partial charge in [-0.15, -0.1) is 11.3 Å². The van der Waals surface area contributed by atoms with E-state index in [-0.39, 0.29) is 12.0 Å². The topological polar surface area (TPSA) is 54.5 Å². The van der Waals surface area contributed by atoms with Crippen LogP contribution < -0.4 is 5.32 Å². The minimum Gasteiger partial charge on any atom is -0.371 e. The third kappa shape index (κ3) is 3.75. The minimum absolute atomic E-state index is 0.114. The number of hydrogen-bond donors (Lipinski definition) is 1. The van der Waals surface area contributed by atoms with Crippen LogP contribution in [0.25, 0.3) is 10.2 Å². The summed E-state index contributed by atoms with van der Waals surface area (Å²) in [5, 5.41) is 4.84. The smallest absolute Gasteiger partial charge is 0.261 e. The number of hydrogen-bond acceptors (Lipinski definition) is 5. The highest BCUT2D eigenvalue weighted by Gasteiger charge is 2.30. The van der Waals surface area contributed by atoms with Gasteiger partial charge in [-0.3, -0.25) is 9.69 Å². The Kier molecular flexibility index (Phi) is 5.85. The third-order valence-electron chi connectivity index (χ3n) is 4.84. The fourth-order valence-electron chi connectivity index (χ4n) is 3.49. The first-order valence-corrected chi connectivity index (χ1v) is 10.5. The zero-order chi connectivity index (χ0) is 19.7. The largest absolute Gasteiger partial charge is 0.371 e. The molecule has 0 spiro atoms. The van der Waals surface area contributed by atoms with Crippen molar-refractivity contribution in [3.63, 3.8) is 0 Å². The Balaban J connectivity index is 1.65. The van der Waals surface area contributed by atoms with Gasteiger partial charge < -0.3 is 10.1 Å². The van der Waals surface area contributed by atoms with E-state index in [0.717, 1.165) is 27.9 Å². The van der Waals surface area contributed by atoms with Crippen LogP contribution in [0, 0.1) is 0 Å². The number of carbonyl (C=O) groups is 1. The highest BCUT2D eigenvalue weighted by Crippen LogP contribution is 2.37. The molecule has 1 unspecified atom stereocenters. The van der Waals surface area contributed by atoms with Crippen molar-refractivity contribution < 1.29 is 9.53 Å². The summed E-state index contributed by atoms with van der Waals surface area (Å²) in [7, 11) is 1.64. The van der Waals surface area contributed by atoms with E-state index in [9.17, 15) is 4.79 Å². The molecule has 0 bridgehead atoms. The van der Waals surface area contributed by atoms with Gasteiger partial charge in [-0.25, -0.2) is 4.98 Å². The van der Waals surface area contributed by atoms with Gasteiger partial charge in [0.25, 0.3) is 5.91 Å². The van der Waals surface area contributed by atoms with Crippen molar-refractivity contribution in [3.05, 3.63) is 62.6 Å². The highest BCUT2D eigenvalue weighted by atomic mass is 35.5. The summed E-state index contributed by atoms with van der Waals surface area (Å²) in [6, 6.07) is 9.56. The van der Waals surface area contributed by atoms with E-state index in [4.69, 9.17) is 27.9 Å². The quantitative estimate of drug-likeness (QED) is 0.653. The van der Waals surface area contributed by atoms with Crippen molar-refractivity contribution >= 4 is 50.7 Å². The second-order valence-electron chi connectivity index (χ2n) is 6.59. The number of fused-ring (bicyclic) bond motifs is 1. The molecule has 0 saturated carbocycles. The molecule has 0 aliphatic carbocycles. The molecule has 8 heteroatoms. The normalized spacial score (nSPS) is 17.8. The van der Waals surface area contributed by atoms with E-state index in [1.807, 2.05) is 24.3 Å². The van der Waals surface area contributed by atoms with Gasteiger partial charge in [-0.1, -0.05) is 41.4 Å². The van der Waals surface area contributed by atoms with Crippen molar-refractivity contribution in [2.24, 2.45) is 0 Å². The van der Waals surface area contributed by atoms with Gasteiger partial charge in [-0.2, -0.15) is 0 Å². The molecular weight excluding hydrogens is 417 g/mol. The van der Waals surface area contributed by atoms with Gasteiger partial charge in [-0.05, 0) is 17.7 Å². The predicted octanol–water partition coefficient (Wildman–Crippen LogP) is 4.54. The van der Waals surface area contributed by atoms with Crippen molar-refractivity contribution in [3.8, 4) is 0 Å². The lowest BCUT2D eigenvalue weighted by Crippen LogP contribution is -2.38. The Morgan fingerprint density at radius 1 is 1.36 bits per heavy atom. The van der Waals surface area contributed by atoms with Gasteiger partial charge in [0.05, 0.1) is 22.8 Å². The number of aromatic nitrogens is 1. The zero-order valence-electron chi connectivity index (χ0n) is 15.2. The molecule has 5 nitrogen and oxygen atoms in total. The lowest BCUT2D eigenvalue weighted by Gasteiger charge is -2.33. The number of carbonyl (C=O) groups excluding carboxylic acids is 1. The number of nitrogens with zero attached hydrogens (tertiary/aromatic N) is 2.